The lowest BCUT2D eigenvalue weighted by Gasteiger charge is -2.28. The lowest BCUT2D eigenvalue weighted by molar-refractivity contribution is -0.132. The molecule has 6 nitrogen and oxygen atoms in total. The van der Waals surface area contributed by atoms with Crippen molar-refractivity contribution in [3.05, 3.63) is 94.6 Å². The summed E-state index contributed by atoms with van der Waals surface area (Å²) in [4.78, 5) is 30.2. The average molecular weight is 455 g/mol. The second-order valence-corrected chi connectivity index (χ2v) is 8.80. The number of benzene rings is 3. The van der Waals surface area contributed by atoms with E-state index in [-0.39, 0.29) is 11.3 Å². The first-order chi connectivity index (χ1) is 16.4. The van der Waals surface area contributed by atoms with Crippen molar-refractivity contribution in [2.75, 3.05) is 30.0 Å². The van der Waals surface area contributed by atoms with Crippen LogP contribution in [0.15, 0.2) is 72.3 Å². The average Bonchev–Trinajstić information content (AvgIpc) is 3.11. The van der Waals surface area contributed by atoms with E-state index in [0.717, 1.165) is 34.7 Å². The number of carbonyl (C=O) groups is 2. The fraction of sp³-hybridized carbons (Fsp3) is 0.214. The maximum Gasteiger partial charge on any atom is 0.300 e. The molecule has 0 aromatic heterocycles. The van der Waals surface area contributed by atoms with Crippen molar-refractivity contribution in [2.45, 2.75) is 19.9 Å². The third kappa shape index (κ3) is 3.52. The number of rotatable bonds is 3. The highest BCUT2D eigenvalue weighted by Gasteiger charge is 2.47. The van der Waals surface area contributed by atoms with Gasteiger partial charge in [-0.05, 0) is 60.9 Å². The van der Waals surface area contributed by atoms with Crippen molar-refractivity contribution < 1.29 is 19.4 Å². The summed E-state index contributed by atoms with van der Waals surface area (Å²) in [5.74, 6) is -0.829. The number of Topliss-reactive ketones (excluding diaryl/α,β-unsaturated/α-hetero) is 1. The Morgan fingerprint density at radius 3 is 2.47 bits per heavy atom. The van der Waals surface area contributed by atoms with E-state index in [0.29, 0.717) is 17.9 Å². The first-order valence-corrected chi connectivity index (χ1v) is 11.3. The second-order valence-electron chi connectivity index (χ2n) is 8.80. The van der Waals surface area contributed by atoms with E-state index in [1.54, 1.807) is 18.2 Å². The summed E-state index contributed by atoms with van der Waals surface area (Å²) in [6.07, 6.45) is 0. The minimum absolute atomic E-state index is 0.0776. The molecule has 1 atom stereocenters. The molecule has 3 aromatic carbocycles. The van der Waals surface area contributed by atoms with E-state index in [4.69, 9.17) is 4.74 Å². The smallest absolute Gasteiger partial charge is 0.300 e. The summed E-state index contributed by atoms with van der Waals surface area (Å²) in [5, 5.41) is 11.4. The monoisotopic (exact) mass is 454 g/mol. The Morgan fingerprint density at radius 1 is 0.971 bits per heavy atom. The number of hydrogen-bond donors (Lipinski definition) is 1. The number of carbonyl (C=O) groups excluding carboxylic acids is 2. The molecule has 2 heterocycles. The van der Waals surface area contributed by atoms with Crippen LogP contribution in [0.4, 0.5) is 11.4 Å². The SMILES string of the molecule is Cc1ccc(N2C(=O)C(=O)/C(=C(\O)c3ccc4c(c3)N(C)CCO4)C2c2ccccc2)cc1C. The van der Waals surface area contributed by atoms with Crippen LogP contribution in [-0.4, -0.2) is 37.0 Å². The first kappa shape index (κ1) is 21.8. The molecule has 1 saturated heterocycles. The van der Waals surface area contributed by atoms with E-state index in [9.17, 15) is 14.7 Å². The minimum atomic E-state index is -0.742. The van der Waals surface area contributed by atoms with E-state index in [1.165, 1.54) is 4.90 Å². The fourth-order valence-corrected chi connectivity index (χ4v) is 4.58. The topological polar surface area (TPSA) is 70.1 Å². The van der Waals surface area contributed by atoms with Gasteiger partial charge >= 0.3 is 0 Å². The fourth-order valence-electron chi connectivity index (χ4n) is 4.58. The molecule has 1 fully saturated rings. The molecule has 0 radical (unpaired) electrons. The maximum absolute atomic E-state index is 13.3. The lowest BCUT2D eigenvalue weighted by atomic mass is 9.94. The molecule has 34 heavy (non-hydrogen) atoms. The minimum Gasteiger partial charge on any atom is -0.507 e. The summed E-state index contributed by atoms with van der Waals surface area (Å²) < 4.78 is 5.71. The predicted molar refractivity (Wildman–Crippen MR) is 132 cm³/mol. The Hall–Kier alpha value is -4.06. The van der Waals surface area contributed by atoms with E-state index in [2.05, 4.69) is 0 Å². The van der Waals surface area contributed by atoms with Crippen LogP contribution in [0.5, 0.6) is 5.75 Å². The molecule has 2 aliphatic rings. The number of ether oxygens (including phenoxy) is 1. The van der Waals surface area contributed by atoms with Crippen LogP contribution in [0.2, 0.25) is 0 Å². The third-order valence-electron chi connectivity index (χ3n) is 6.66. The second kappa shape index (κ2) is 8.37. The number of likely N-dealkylation sites (N-methyl/N-ethyl adjacent to an activating group) is 1. The highest BCUT2D eigenvalue weighted by Crippen LogP contribution is 2.43. The van der Waals surface area contributed by atoms with Crippen molar-refractivity contribution >= 4 is 28.8 Å². The van der Waals surface area contributed by atoms with Crippen LogP contribution in [0.25, 0.3) is 5.76 Å². The highest BCUT2D eigenvalue weighted by molar-refractivity contribution is 6.51. The Kier molecular flexibility index (Phi) is 5.36. The molecule has 0 spiro atoms. The number of aryl methyl sites for hydroxylation is 2. The Bertz CT molecular complexity index is 1330. The molecule has 172 valence electrons. The number of aliphatic hydroxyl groups excluding tert-OH is 1. The molecule has 2 aliphatic heterocycles. The molecule has 6 heteroatoms. The summed E-state index contributed by atoms with van der Waals surface area (Å²) in [6.45, 7) is 5.28. The number of nitrogens with zero attached hydrogens (tertiary/aromatic N) is 2. The van der Waals surface area contributed by atoms with Gasteiger partial charge in [0.1, 0.15) is 18.1 Å². The standard InChI is InChI=1S/C28H26N2O4/c1-17-9-11-21(15-18(17)2)30-25(19-7-5-4-6-8-19)24(27(32)28(30)33)26(31)20-10-12-23-22(16-20)29(3)13-14-34-23/h4-12,15-16,25,31H,13-14H2,1-3H3/b26-24-. The highest BCUT2D eigenvalue weighted by atomic mass is 16.5. The van der Waals surface area contributed by atoms with Gasteiger partial charge in [0, 0.05) is 18.3 Å². The van der Waals surface area contributed by atoms with Crippen LogP contribution < -0.4 is 14.5 Å². The third-order valence-corrected chi connectivity index (χ3v) is 6.66. The summed E-state index contributed by atoms with van der Waals surface area (Å²) in [5.41, 5.74) is 4.86. The lowest BCUT2D eigenvalue weighted by Crippen LogP contribution is -2.29. The molecule has 0 aliphatic carbocycles. The zero-order chi connectivity index (χ0) is 24.0. The van der Waals surface area contributed by atoms with Gasteiger partial charge in [-0.3, -0.25) is 14.5 Å². The number of amides is 1. The van der Waals surface area contributed by atoms with Crippen LogP contribution in [-0.2, 0) is 9.59 Å². The summed E-state index contributed by atoms with van der Waals surface area (Å²) in [6, 6.07) is 19.6. The van der Waals surface area contributed by atoms with Gasteiger partial charge in [-0.1, -0.05) is 36.4 Å². The largest absolute Gasteiger partial charge is 0.507 e. The van der Waals surface area contributed by atoms with Crippen molar-refractivity contribution in [3.8, 4) is 5.75 Å². The first-order valence-electron chi connectivity index (χ1n) is 11.3. The molecule has 3 aromatic rings. The molecule has 0 bridgehead atoms. The van der Waals surface area contributed by atoms with Gasteiger partial charge < -0.3 is 14.7 Å². The van der Waals surface area contributed by atoms with E-state index >= 15 is 0 Å². The predicted octanol–water partition coefficient (Wildman–Crippen LogP) is 4.76. The number of aliphatic hydroxyl groups is 1. The Balaban J connectivity index is 1.69. The number of ketones is 1. The quantitative estimate of drug-likeness (QED) is 0.351. The zero-order valence-corrected chi connectivity index (χ0v) is 19.4. The van der Waals surface area contributed by atoms with Gasteiger partial charge in [-0.25, -0.2) is 0 Å². The van der Waals surface area contributed by atoms with Crippen molar-refractivity contribution in [3.63, 3.8) is 0 Å². The molecule has 0 saturated carbocycles. The molecule has 1 amide bonds. The summed E-state index contributed by atoms with van der Waals surface area (Å²) in [7, 11) is 1.95. The molecular formula is C28H26N2O4. The molecule has 1 N–H and O–H groups in total. The Morgan fingerprint density at radius 2 is 1.74 bits per heavy atom. The normalized spacial score (nSPS) is 19.2. The molecule has 1 unspecified atom stereocenters. The van der Waals surface area contributed by atoms with Gasteiger partial charge in [0.2, 0.25) is 0 Å². The zero-order valence-electron chi connectivity index (χ0n) is 19.4. The van der Waals surface area contributed by atoms with Crippen molar-refractivity contribution in [1.82, 2.24) is 0 Å². The van der Waals surface area contributed by atoms with Gasteiger partial charge in [0.05, 0.1) is 23.8 Å². The van der Waals surface area contributed by atoms with Crippen molar-refractivity contribution in [2.24, 2.45) is 0 Å². The molecule has 5 rings (SSSR count). The van der Waals surface area contributed by atoms with Crippen LogP contribution in [0.1, 0.15) is 28.3 Å². The Labute approximate surface area is 198 Å². The van der Waals surface area contributed by atoms with Gasteiger partial charge in [0.25, 0.3) is 11.7 Å². The van der Waals surface area contributed by atoms with Crippen LogP contribution in [0, 0.1) is 13.8 Å². The summed E-state index contributed by atoms with van der Waals surface area (Å²) >= 11 is 0. The maximum atomic E-state index is 13.3. The molecular weight excluding hydrogens is 428 g/mol. The van der Waals surface area contributed by atoms with Crippen molar-refractivity contribution in [1.29, 1.82) is 0 Å². The van der Waals surface area contributed by atoms with Crippen LogP contribution in [0.3, 0.4) is 0 Å². The van der Waals surface area contributed by atoms with Gasteiger partial charge in [-0.15, -0.1) is 0 Å². The van der Waals surface area contributed by atoms with Gasteiger partial charge in [-0.2, -0.15) is 0 Å². The van der Waals surface area contributed by atoms with E-state index < -0.39 is 17.7 Å². The van der Waals surface area contributed by atoms with Gasteiger partial charge in [0.15, 0.2) is 0 Å². The van der Waals surface area contributed by atoms with Crippen LogP contribution >= 0.6 is 0 Å². The number of anilines is 2. The van der Waals surface area contributed by atoms with E-state index in [1.807, 2.05) is 74.3 Å². The number of hydrogen-bond acceptors (Lipinski definition) is 5. The number of fused-ring (bicyclic) bond motifs is 1.